The summed E-state index contributed by atoms with van der Waals surface area (Å²) in [6.45, 7) is 6.31. The van der Waals surface area contributed by atoms with Crippen LogP contribution >= 0.6 is 0 Å². The average Bonchev–Trinajstić information content (AvgIpc) is 2.76. The lowest BCUT2D eigenvalue weighted by atomic mass is 10.1. The standard InChI is InChI=1S/C17H18N2O2/c1-17(2,3)19-15-7-5-4-6-14(15)18-16(19)11-8-12(20)10-13(21)9-11/h4-10,20-21H,1-3H3. The molecule has 0 aliphatic carbocycles. The number of hydrogen-bond acceptors (Lipinski definition) is 3. The zero-order chi connectivity index (χ0) is 15.2. The van der Waals surface area contributed by atoms with E-state index in [1.165, 1.54) is 6.07 Å². The molecule has 1 aromatic heterocycles. The van der Waals surface area contributed by atoms with Gasteiger partial charge in [0.05, 0.1) is 11.0 Å². The van der Waals surface area contributed by atoms with E-state index in [1.54, 1.807) is 12.1 Å². The average molecular weight is 282 g/mol. The van der Waals surface area contributed by atoms with Crippen LogP contribution in [0.25, 0.3) is 22.4 Å². The van der Waals surface area contributed by atoms with Crippen molar-refractivity contribution in [2.24, 2.45) is 0 Å². The molecule has 0 aliphatic heterocycles. The first-order valence-corrected chi connectivity index (χ1v) is 6.87. The van der Waals surface area contributed by atoms with Gasteiger partial charge in [0.1, 0.15) is 17.3 Å². The highest BCUT2D eigenvalue weighted by atomic mass is 16.3. The van der Waals surface area contributed by atoms with E-state index in [4.69, 9.17) is 0 Å². The predicted molar refractivity (Wildman–Crippen MR) is 83.5 cm³/mol. The van der Waals surface area contributed by atoms with Crippen LogP contribution < -0.4 is 0 Å². The number of phenolic OH excluding ortho intramolecular Hbond substituents is 2. The maximum absolute atomic E-state index is 9.73. The molecule has 0 unspecified atom stereocenters. The molecule has 0 radical (unpaired) electrons. The molecule has 2 N–H and O–H groups in total. The number of aromatic nitrogens is 2. The largest absolute Gasteiger partial charge is 0.508 e. The Kier molecular flexibility index (Phi) is 2.90. The highest BCUT2D eigenvalue weighted by Crippen LogP contribution is 2.34. The van der Waals surface area contributed by atoms with Crippen molar-refractivity contribution in [3.8, 4) is 22.9 Å². The van der Waals surface area contributed by atoms with Crippen molar-refractivity contribution in [2.45, 2.75) is 26.3 Å². The minimum Gasteiger partial charge on any atom is -0.508 e. The third-order valence-electron chi connectivity index (χ3n) is 3.39. The van der Waals surface area contributed by atoms with Crippen LogP contribution in [0.4, 0.5) is 0 Å². The predicted octanol–water partition coefficient (Wildman–Crippen LogP) is 3.87. The topological polar surface area (TPSA) is 58.3 Å². The van der Waals surface area contributed by atoms with Gasteiger partial charge in [-0.05, 0) is 45.0 Å². The Morgan fingerprint density at radius 3 is 2.19 bits per heavy atom. The number of hydrogen-bond donors (Lipinski definition) is 2. The lowest BCUT2D eigenvalue weighted by molar-refractivity contribution is 0.412. The van der Waals surface area contributed by atoms with Gasteiger partial charge >= 0.3 is 0 Å². The molecule has 2 aromatic carbocycles. The molecule has 3 rings (SSSR count). The fraction of sp³-hybridized carbons (Fsp3) is 0.235. The van der Waals surface area contributed by atoms with E-state index in [1.807, 2.05) is 24.3 Å². The zero-order valence-electron chi connectivity index (χ0n) is 12.3. The smallest absolute Gasteiger partial charge is 0.141 e. The van der Waals surface area contributed by atoms with Crippen molar-refractivity contribution in [2.75, 3.05) is 0 Å². The molecular weight excluding hydrogens is 264 g/mol. The van der Waals surface area contributed by atoms with Gasteiger partial charge in [-0.25, -0.2) is 4.98 Å². The molecule has 0 atom stereocenters. The van der Waals surface area contributed by atoms with Crippen LogP contribution in [0, 0.1) is 0 Å². The van der Waals surface area contributed by atoms with Gasteiger partial charge in [0.2, 0.25) is 0 Å². The number of para-hydroxylation sites is 2. The van der Waals surface area contributed by atoms with Gasteiger partial charge in [-0.1, -0.05) is 12.1 Å². The molecule has 21 heavy (non-hydrogen) atoms. The summed E-state index contributed by atoms with van der Waals surface area (Å²) in [7, 11) is 0. The van der Waals surface area contributed by atoms with E-state index in [9.17, 15) is 10.2 Å². The Bertz CT molecular complexity index is 793. The molecule has 0 aliphatic rings. The molecule has 1 heterocycles. The molecule has 4 heteroatoms. The summed E-state index contributed by atoms with van der Waals surface area (Å²) < 4.78 is 2.12. The lowest BCUT2D eigenvalue weighted by Gasteiger charge is -2.24. The van der Waals surface area contributed by atoms with E-state index in [-0.39, 0.29) is 17.0 Å². The minimum atomic E-state index is -0.174. The number of nitrogens with zero attached hydrogens (tertiary/aromatic N) is 2. The Morgan fingerprint density at radius 2 is 1.57 bits per heavy atom. The first-order chi connectivity index (χ1) is 9.86. The van der Waals surface area contributed by atoms with E-state index >= 15 is 0 Å². The first kappa shape index (κ1) is 13.5. The molecule has 3 aromatic rings. The second kappa shape index (κ2) is 4.52. The van der Waals surface area contributed by atoms with Crippen LogP contribution in [0.5, 0.6) is 11.5 Å². The van der Waals surface area contributed by atoms with Crippen molar-refractivity contribution in [1.29, 1.82) is 0 Å². The van der Waals surface area contributed by atoms with Crippen molar-refractivity contribution < 1.29 is 10.2 Å². The Balaban J connectivity index is 2.36. The molecule has 0 fully saturated rings. The minimum absolute atomic E-state index is 0.0255. The third kappa shape index (κ3) is 2.33. The molecule has 4 nitrogen and oxygen atoms in total. The zero-order valence-corrected chi connectivity index (χ0v) is 12.3. The molecule has 0 saturated carbocycles. The quantitative estimate of drug-likeness (QED) is 0.712. The van der Waals surface area contributed by atoms with Gasteiger partial charge in [0.15, 0.2) is 0 Å². The van der Waals surface area contributed by atoms with Gasteiger partial charge in [-0.15, -0.1) is 0 Å². The van der Waals surface area contributed by atoms with Gasteiger partial charge in [0, 0.05) is 17.2 Å². The van der Waals surface area contributed by atoms with Crippen LogP contribution in [0.1, 0.15) is 20.8 Å². The summed E-state index contributed by atoms with van der Waals surface area (Å²) in [6, 6.07) is 12.5. The van der Waals surface area contributed by atoms with Crippen molar-refractivity contribution in [1.82, 2.24) is 9.55 Å². The summed E-state index contributed by atoms with van der Waals surface area (Å²) >= 11 is 0. The van der Waals surface area contributed by atoms with Crippen LogP contribution in [0.2, 0.25) is 0 Å². The molecule has 0 bridgehead atoms. The summed E-state index contributed by atoms with van der Waals surface area (Å²) in [4.78, 5) is 4.67. The van der Waals surface area contributed by atoms with Gasteiger partial charge in [0.25, 0.3) is 0 Å². The van der Waals surface area contributed by atoms with Crippen molar-refractivity contribution >= 4 is 11.0 Å². The summed E-state index contributed by atoms with van der Waals surface area (Å²) in [5, 5.41) is 19.5. The molecule has 0 saturated heterocycles. The molecule has 0 amide bonds. The highest BCUT2D eigenvalue weighted by Gasteiger charge is 2.22. The maximum atomic E-state index is 9.73. The number of phenols is 2. The number of aromatic hydroxyl groups is 2. The molecule has 0 spiro atoms. The van der Waals surface area contributed by atoms with Gasteiger partial charge in [-0.2, -0.15) is 0 Å². The normalized spacial score (nSPS) is 12.0. The van der Waals surface area contributed by atoms with E-state index in [0.717, 1.165) is 16.9 Å². The van der Waals surface area contributed by atoms with E-state index in [0.29, 0.717) is 5.56 Å². The lowest BCUT2D eigenvalue weighted by Crippen LogP contribution is -2.22. The monoisotopic (exact) mass is 282 g/mol. The van der Waals surface area contributed by atoms with E-state index < -0.39 is 0 Å². The van der Waals surface area contributed by atoms with E-state index in [2.05, 4.69) is 30.3 Å². The Hall–Kier alpha value is -2.49. The third-order valence-corrected chi connectivity index (χ3v) is 3.39. The fourth-order valence-electron chi connectivity index (χ4n) is 2.62. The van der Waals surface area contributed by atoms with Gasteiger partial charge < -0.3 is 14.8 Å². The number of imidazole rings is 1. The summed E-state index contributed by atoms with van der Waals surface area (Å²) in [5.41, 5.74) is 2.44. The van der Waals surface area contributed by atoms with Crippen molar-refractivity contribution in [3.05, 3.63) is 42.5 Å². The van der Waals surface area contributed by atoms with Crippen LogP contribution in [-0.4, -0.2) is 19.8 Å². The Labute approximate surface area is 123 Å². The van der Waals surface area contributed by atoms with Crippen LogP contribution in [0.3, 0.4) is 0 Å². The maximum Gasteiger partial charge on any atom is 0.141 e. The number of benzene rings is 2. The van der Waals surface area contributed by atoms with Gasteiger partial charge in [-0.3, -0.25) is 0 Å². The Morgan fingerprint density at radius 1 is 0.952 bits per heavy atom. The second-order valence-electron chi connectivity index (χ2n) is 6.17. The summed E-state index contributed by atoms with van der Waals surface area (Å²) in [6.07, 6.45) is 0. The van der Waals surface area contributed by atoms with Crippen LogP contribution in [-0.2, 0) is 5.54 Å². The SMILES string of the molecule is CC(C)(C)n1c(-c2cc(O)cc(O)c2)nc2ccccc21. The molecular formula is C17H18N2O2. The highest BCUT2D eigenvalue weighted by molar-refractivity contribution is 5.81. The second-order valence-corrected chi connectivity index (χ2v) is 6.17. The number of fused-ring (bicyclic) bond motifs is 1. The van der Waals surface area contributed by atoms with Crippen LogP contribution in [0.15, 0.2) is 42.5 Å². The van der Waals surface area contributed by atoms with Crippen molar-refractivity contribution in [3.63, 3.8) is 0 Å². The fourth-order valence-corrected chi connectivity index (χ4v) is 2.62. The number of rotatable bonds is 1. The molecule has 108 valence electrons. The first-order valence-electron chi connectivity index (χ1n) is 6.87. The summed E-state index contributed by atoms with van der Waals surface area (Å²) in [5.74, 6) is 0.782.